The van der Waals surface area contributed by atoms with Crippen LogP contribution in [0.1, 0.15) is 53.4 Å². The number of hydrogen-bond donors (Lipinski definition) is 1. The molecule has 0 aromatic rings. The quantitative estimate of drug-likeness (QED) is 0.804. The molecule has 2 fully saturated rings. The van der Waals surface area contributed by atoms with E-state index in [0.29, 0.717) is 25.7 Å². The fourth-order valence-electron chi connectivity index (χ4n) is 4.18. The van der Waals surface area contributed by atoms with E-state index >= 15 is 0 Å². The fourth-order valence-corrected chi connectivity index (χ4v) is 4.18. The molecule has 2 aliphatic rings. The van der Waals surface area contributed by atoms with Crippen molar-refractivity contribution in [3.8, 4) is 0 Å². The molecule has 0 spiro atoms. The number of hydrogen-bond acceptors (Lipinski definition) is 2. The Morgan fingerprint density at radius 3 is 1.82 bits per heavy atom. The van der Waals surface area contributed by atoms with Gasteiger partial charge in [0, 0.05) is 12.8 Å². The number of rotatable bonds is 2. The molecule has 96 valence electrons. The maximum absolute atomic E-state index is 11.7. The molecule has 0 bridgehead atoms. The van der Waals surface area contributed by atoms with Crippen LogP contribution in [0.4, 0.5) is 0 Å². The minimum Gasteiger partial charge on any atom is -0.481 e. The molecule has 3 nitrogen and oxygen atoms in total. The van der Waals surface area contributed by atoms with Crippen molar-refractivity contribution >= 4 is 11.8 Å². The molecule has 2 rings (SSSR count). The van der Waals surface area contributed by atoms with Gasteiger partial charge in [-0.2, -0.15) is 0 Å². The molecule has 2 aliphatic carbocycles. The molecule has 1 N–H and O–H groups in total. The average Bonchev–Trinajstić information content (AvgIpc) is 2.60. The lowest BCUT2D eigenvalue weighted by Crippen LogP contribution is -2.39. The Kier molecular flexibility index (Phi) is 2.47. The first-order valence-corrected chi connectivity index (χ1v) is 6.41. The van der Waals surface area contributed by atoms with Gasteiger partial charge in [0.1, 0.15) is 5.78 Å². The van der Waals surface area contributed by atoms with Crippen LogP contribution in [0.25, 0.3) is 0 Å². The van der Waals surface area contributed by atoms with Gasteiger partial charge in [-0.05, 0) is 29.6 Å². The third-order valence-electron chi connectivity index (χ3n) is 5.70. The highest BCUT2D eigenvalue weighted by Crippen LogP contribution is 2.76. The van der Waals surface area contributed by atoms with E-state index in [1.165, 1.54) is 0 Å². The van der Waals surface area contributed by atoms with Crippen molar-refractivity contribution in [2.75, 3.05) is 0 Å². The predicted molar refractivity (Wildman–Crippen MR) is 64.6 cm³/mol. The summed E-state index contributed by atoms with van der Waals surface area (Å²) in [4.78, 5) is 23.1. The van der Waals surface area contributed by atoms with Crippen LogP contribution in [-0.4, -0.2) is 16.9 Å². The zero-order valence-corrected chi connectivity index (χ0v) is 11.2. The minimum absolute atomic E-state index is 0.0613. The summed E-state index contributed by atoms with van der Waals surface area (Å²) in [6.07, 6.45) is 1.93. The molecule has 0 aromatic heterocycles. The van der Waals surface area contributed by atoms with Crippen LogP contribution in [-0.2, 0) is 9.59 Å². The largest absolute Gasteiger partial charge is 0.481 e. The van der Waals surface area contributed by atoms with E-state index in [9.17, 15) is 14.7 Å². The van der Waals surface area contributed by atoms with Gasteiger partial charge in [-0.25, -0.2) is 0 Å². The summed E-state index contributed by atoms with van der Waals surface area (Å²) in [5, 5.41) is 9.64. The van der Waals surface area contributed by atoms with E-state index in [1.54, 1.807) is 0 Å². The summed E-state index contributed by atoms with van der Waals surface area (Å²) in [6.45, 7) is 8.61. The van der Waals surface area contributed by atoms with E-state index in [2.05, 4.69) is 27.7 Å². The Bertz CT molecular complexity index is 355. The van der Waals surface area contributed by atoms with Crippen molar-refractivity contribution in [3.63, 3.8) is 0 Å². The smallest absolute Gasteiger partial charge is 0.309 e. The van der Waals surface area contributed by atoms with Crippen molar-refractivity contribution in [3.05, 3.63) is 0 Å². The molecular weight excluding hydrogens is 216 g/mol. The van der Waals surface area contributed by atoms with Crippen LogP contribution in [0.5, 0.6) is 0 Å². The summed E-state index contributed by atoms with van der Waals surface area (Å²) < 4.78 is 0. The molecule has 0 saturated heterocycles. The number of Topliss-reactive ketones (excluding diaryl/α,β-unsaturated/α-hetero) is 1. The normalized spacial score (nSPS) is 30.0. The average molecular weight is 238 g/mol. The van der Waals surface area contributed by atoms with Crippen molar-refractivity contribution in [2.45, 2.75) is 53.4 Å². The highest BCUT2D eigenvalue weighted by atomic mass is 16.4. The summed E-state index contributed by atoms with van der Waals surface area (Å²) in [5.74, 6) is -0.292. The maximum atomic E-state index is 11.7. The Morgan fingerprint density at radius 2 is 1.53 bits per heavy atom. The van der Waals surface area contributed by atoms with Crippen LogP contribution in [0.3, 0.4) is 0 Å². The molecule has 0 unspecified atom stereocenters. The van der Waals surface area contributed by atoms with Crippen molar-refractivity contribution in [1.82, 2.24) is 0 Å². The van der Waals surface area contributed by atoms with Crippen LogP contribution in [0, 0.1) is 22.2 Å². The number of carboxylic acids is 1. The van der Waals surface area contributed by atoms with E-state index in [4.69, 9.17) is 0 Å². The minimum atomic E-state index is -0.700. The summed E-state index contributed by atoms with van der Waals surface area (Å²) in [7, 11) is 0. The third kappa shape index (κ3) is 1.47. The van der Waals surface area contributed by atoms with E-state index in [1.807, 2.05) is 0 Å². The molecule has 0 heterocycles. The lowest BCUT2D eigenvalue weighted by atomic mass is 9.67. The number of aliphatic carboxylic acids is 1. The topological polar surface area (TPSA) is 54.4 Å². The summed E-state index contributed by atoms with van der Waals surface area (Å²) >= 11 is 0. The zero-order chi connectivity index (χ0) is 13.1. The molecule has 0 atom stereocenters. The van der Waals surface area contributed by atoms with Gasteiger partial charge in [0.05, 0.1) is 5.41 Å². The molecule has 3 heteroatoms. The van der Waals surface area contributed by atoms with Crippen LogP contribution < -0.4 is 0 Å². The van der Waals surface area contributed by atoms with Crippen LogP contribution in [0.15, 0.2) is 0 Å². The Balaban J connectivity index is 2.32. The van der Waals surface area contributed by atoms with Gasteiger partial charge in [-0.1, -0.05) is 27.7 Å². The lowest BCUT2D eigenvalue weighted by Gasteiger charge is -2.34. The van der Waals surface area contributed by atoms with Gasteiger partial charge in [-0.15, -0.1) is 0 Å². The van der Waals surface area contributed by atoms with E-state index in [0.717, 1.165) is 0 Å². The van der Waals surface area contributed by atoms with Gasteiger partial charge >= 0.3 is 5.97 Å². The highest BCUT2D eigenvalue weighted by Gasteiger charge is 2.73. The van der Waals surface area contributed by atoms with Crippen molar-refractivity contribution in [2.24, 2.45) is 22.2 Å². The van der Waals surface area contributed by atoms with Crippen LogP contribution in [0.2, 0.25) is 0 Å². The molecular formula is C14H22O3. The second-order valence-corrected chi connectivity index (χ2v) is 6.88. The standard InChI is InChI=1S/C14H22O3/c1-12(2)10(13(12,3)4)14(11(16)17)7-5-9(15)6-8-14/h10H,5-8H2,1-4H3,(H,16,17). The monoisotopic (exact) mass is 238 g/mol. The lowest BCUT2D eigenvalue weighted by molar-refractivity contribution is -0.155. The summed E-state index contributed by atoms with van der Waals surface area (Å²) in [6, 6.07) is 0. The molecule has 0 aliphatic heterocycles. The first-order valence-electron chi connectivity index (χ1n) is 6.41. The first-order chi connectivity index (χ1) is 7.66. The molecule has 17 heavy (non-hydrogen) atoms. The molecule has 2 saturated carbocycles. The number of ketones is 1. The predicted octanol–water partition coefficient (Wildman–Crippen LogP) is 2.88. The second kappa shape index (κ2) is 3.33. The van der Waals surface area contributed by atoms with Gasteiger partial charge < -0.3 is 5.11 Å². The Morgan fingerprint density at radius 1 is 1.12 bits per heavy atom. The maximum Gasteiger partial charge on any atom is 0.309 e. The number of carbonyl (C=O) groups is 2. The molecule has 0 amide bonds. The molecule has 0 aromatic carbocycles. The number of carbonyl (C=O) groups excluding carboxylic acids is 1. The van der Waals surface area contributed by atoms with Crippen molar-refractivity contribution < 1.29 is 14.7 Å². The van der Waals surface area contributed by atoms with Gasteiger partial charge in [0.25, 0.3) is 0 Å². The fraction of sp³-hybridized carbons (Fsp3) is 0.857. The second-order valence-electron chi connectivity index (χ2n) is 6.88. The van der Waals surface area contributed by atoms with Crippen LogP contribution >= 0.6 is 0 Å². The van der Waals surface area contributed by atoms with Gasteiger partial charge in [-0.3, -0.25) is 9.59 Å². The van der Waals surface area contributed by atoms with Gasteiger partial charge in [0.2, 0.25) is 0 Å². The SMILES string of the molecule is CC1(C)C(C2(C(=O)O)CCC(=O)CC2)C1(C)C. The van der Waals surface area contributed by atoms with Crippen molar-refractivity contribution in [1.29, 1.82) is 0 Å². The van der Waals surface area contributed by atoms with Gasteiger partial charge in [0.15, 0.2) is 0 Å². The molecule has 0 radical (unpaired) electrons. The Labute approximate surface area is 103 Å². The highest BCUT2D eigenvalue weighted by molar-refractivity contribution is 5.84. The number of carboxylic acid groups (broad SMARTS) is 1. The van der Waals surface area contributed by atoms with E-state index in [-0.39, 0.29) is 22.5 Å². The zero-order valence-electron chi connectivity index (χ0n) is 11.2. The Hall–Kier alpha value is -0.860. The first kappa shape index (κ1) is 12.6. The third-order valence-corrected chi connectivity index (χ3v) is 5.70. The summed E-state index contributed by atoms with van der Waals surface area (Å²) in [5.41, 5.74) is -0.543. The van der Waals surface area contributed by atoms with E-state index < -0.39 is 11.4 Å².